The number of likely N-dealkylation sites (N-methyl/N-ethyl adjacent to an activating group) is 1. The highest BCUT2D eigenvalue weighted by molar-refractivity contribution is 7.99. The fourth-order valence-corrected chi connectivity index (χ4v) is 3.14. The maximum absolute atomic E-state index is 6.17. The van der Waals surface area contributed by atoms with Gasteiger partial charge in [-0.2, -0.15) is 4.98 Å². The van der Waals surface area contributed by atoms with Gasteiger partial charge in [-0.3, -0.25) is 0 Å². The molecule has 0 saturated carbocycles. The topological polar surface area (TPSA) is 51.0 Å². The van der Waals surface area contributed by atoms with Crippen LogP contribution in [0, 0.1) is 0 Å². The summed E-state index contributed by atoms with van der Waals surface area (Å²) < 4.78 is 5.33. The summed E-state index contributed by atoms with van der Waals surface area (Å²) in [5.41, 5.74) is 0. The average molecular weight is 346 g/mol. The summed E-state index contributed by atoms with van der Waals surface area (Å²) in [5, 5.41) is 8.48. The van der Waals surface area contributed by atoms with Crippen molar-refractivity contribution in [3.8, 4) is 0 Å². The number of halogens is 2. The monoisotopic (exact) mass is 345 g/mol. The van der Waals surface area contributed by atoms with Gasteiger partial charge in [-0.05, 0) is 39.1 Å². The van der Waals surface area contributed by atoms with Gasteiger partial charge in [0.25, 0.3) is 0 Å². The summed E-state index contributed by atoms with van der Waals surface area (Å²) in [5.74, 6) is 1.30. The van der Waals surface area contributed by atoms with E-state index >= 15 is 0 Å². The van der Waals surface area contributed by atoms with E-state index in [9.17, 15) is 0 Å². The van der Waals surface area contributed by atoms with Crippen molar-refractivity contribution in [3.63, 3.8) is 0 Å². The third-order valence-electron chi connectivity index (χ3n) is 3.01. The minimum absolute atomic E-state index is 0.00658. The molecule has 0 aliphatic heterocycles. The van der Waals surface area contributed by atoms with Gasteiger partial charge in [-0.15, -0.1) is 11.8 Å². The molecule has 0 radical (unpaired) electrons. The first-order valence-electron chi connectivity index (χ1n) is 6.61. The largest absolute Gasteiger partial charge is 0.338 e. The SMILES string of the molecule is CNC(C)Cc1noc(C(C)Sc2cc(Cl)ccc2Cl)n1. The first-order valence-corrected chi connectivity index (χ1v) is 8.24. The van der Waals surface area contributed by atoms with Gasteiger partial charge in [-0.25, -0.2) is 0 Å². The van der Waals surface area contributed by atoms with Crippen molar-refractivity contribution in [2.24, 2.45) is 0 Å². The van der Waals surface area contributed by atoms with Crippen LogP contribution in [0.2, 0.25) is 10.0 Å². The van der Waals surface area contributed by atoms with Gasteiger partial charge >= 0.3 is 0 Å². The molecule has 0 spiro atoms. The lowest BCUT2D eigenvalue weighted by molar-refractivity contribution is 0.373. The second-order valence-electron chi connectivity index (χ2n) is 4.78. The number of hydrogen-bond acceptors (Lipinski definition) is 5. The van der Waals surface area contributed by atoms with Gasteiger partial charge < -0.3 is 9.84 Å². The van der Waals surface area contributed by atoms with Crippen LogP contribution in [0.25, 0.3) is 0 Å². The quantitative estimate of drug-likeness (QED) is 0.787. The third-order valence-corrected chi connectivity index (χ3v) is 4.83. The predicted molar refractivity (Wildman–Crippen MR) is 87.3 cm³/mol. The van der Waals surface area contributed by atoms with E-state index in [1.54, 1.807) is 23.9 Å². The fraction of sp³-hybridized carbons (Fsp3) is 0.429. The van der Waals surface area contributed by atoms with Crippen molar-refractivity contribution in [1.82, 2.24) is 15.5 Å². The Morgan fingerprint density at radius 1 is 1.33 bits per heavy atom. The molecule has 0 amide bonds. The number of benzene rings is 1. The Kier molecular flexibility index (Phi) is 5.93. The van der Waals surface area contributed by atoms with Gasteiger partial charge in [0, 0.05) is 22.4 Å². The Labute approximate surface area is 138 Å². The molecule has 21 heavy (non-hydrogen) atoms. The fourth-order valence-electron chi connectivity index (χ4n) is 1.70. The lowest BCUT2D eigenvalue weighted by atomic mass is 10.2. The van der Waals surface area contributed by atoms with E-state index in [4.69, 9.17) is 27.7 Å². The van der Waals surface area contributed by atoms with E-state index in [2.05, 4.69) is 22.4 Å². The Morgan fingerprint density at radius 2 is 2.10 bits per heavy atom. The predicted octanol–water partition coefficient (Wildman–Crippen LogP) is 4.38. The van der Waals surface area contributed by atoms with Gasteiger partial charge in [0.05, 0.1) is 10.3 Å². The molecule has 1 aromatic heterocycles. The maximum Gasteiger partial charge on any atom is 0.239 e. The van der Waals surface area contributed by atoms with Crippen LogP contribution < -0.4 is 5.32 Å². The van der Waals surface area contributed by atoms with Crippen molar-refractivity contribution in [1.29, 1.82) is 0 Å². The second kappa shape index (κ2) is 7.49. The summed E-state index contributed by atoms with van der Waals surface area (Å²) in [4.78, 5) is 5.33. The first kappa shape index (κ1) is 16.6. The number of hydrogen-bond donors (Lipinski definition) is 1. The standard InChI is InChI=1S/C14H17Cl2N3OS/c1-8(17-3)6-13-18-14(20-19-13)9(2)21-12-7-10(15)4-5-11(12)16/h4-5,7-9,17H,6H2,1-3H3. The lowest BCUT2D eigenvalue weighted by Gasteiger charge is -2.08. The molecule has 0 bridgehead atoms. The molecule has 2 unspecified atom stereocenters. The molecular weight excluding hydrogens is 329 g/mol. The van der Waals surface area contributed by atoms with Gasteiger partial charge in [-0.1, -0.05) is 28.4 Å². The summed E-state index contributed by atoms with van der Waals surface area (Å²) >= 11 is 13.7. The minimum Gasteiger partial charge on any atom is -0.338 e. The summed E-state index contributed by atoms with van der Waals surface area (Å²) in [6.45, 7) is 4.07. The average Bonchev–Trinajstić information content (AvgIpc) is 2.91. The zero-order chi connectivity index (χ0) is 15.4. The highest BCUT2D eigenvalue weighted by Gasteiger charge is 2.18. The van der Waals surface area contributed by atoms with Crippen molar-refractivity contribution in [3.05, 3.63) is 40.0 Å². The van der Waals surface area contributed by atoms with E-state index in [-0.39, 0.29) is 5.25 Å². The van der Waals surface area contributed by atoms with E-state index in [1.807, 2.05) is 20.0 Å². The van der Waals surface area contributed by atoms with Crippen molar-refractivity contribution < 1.29 is 4.52 Å². The van der Waals surface area contributed by atoms with Crippen LogP contribution in [0.5, 0.6) is 0 Å². The molecule has 0 aliphatic carbocycles. The Morgan fingerprint density at radius 3 is 2.81 bits per heavy atom. The highest BCUT2D eigenvalue weighted by atomic mass is 35.5. The number of thioether (sulfide) groups is 1. The molecule has 114 valence electrons. The molecule has 1 aromatic carbocycles. The van der Waals surface area contributed by atoms with Crippen LogP contribution in [0.1, 0.15) is 30.8 Å². The smallest absolute Gasteiger partial charge is 0.239 e. The van der Waals surface area contributed by atoms with Gasteiger partial charge in [0.1, 0.15) is 0 Å². The van der Waals surface area contributed by atoms with Crippen molar-refractivity contribution >= 4 is 35.0 Å². The van der Waals surface area contributed by atoms with E-state index in [0.717, 1.165) is 11.3 Å². The highest BCUT2D eigenvalue weighted by Crippen LogP contribution is 2.38. The maximum atomic E-state index is 6.17. The molecular formula is C14H17Cl2N3OS. The van der Waals surface area contributed by atoms with Gasteiger partial charge in [0.2, 0.25) is 5.89 Å². The molecule has 0 aliphatic rings. The van der Waals surface area contributed by atoms with Crippen molar-refractivity contribution in [2.45, 2.75) is 36.5 Å². The van der Waals surface area contributed by atoms with E-state index in [0.29, 0.717) is 27.8 Å². The number of aromatic nitrogens is 2. The summed E-state index contributed by atoms with van der Waals surface area (Å²) in [6, 6.07) is 5.70. The molecule has 4 nitrogen and oxygen atoms in total. The molecule has 2 atom stereocenters. The molecule has 2 rings (SSSR count). The first-order chi connectivity index (χ1) is 9.99. The van der Waals surface area contributed by atoms with Crippen LogP contribution in [-0.2, 0) is 6.42 Å². The normalized spacial score (nSPS) is 14.1. The lowest BCUT2D eigenvalue weighted by Crippen LogP contribution is -2.24. The Hall–Kier alpha value is -0.750. The molecule has 7 heteroatoms. The molecule has 1 N–H and O–H groups in total. The van der Waals surface area contributed by atoms with Crippen LogP contribution in [0.3, 0.4) is 0 Å². The molecule has 1 heterocycles. The van der Waals surface area contributed by atoms with Crippen LogP contribution >= 0.6 is 35.0 Å². The third kappa shape index (κ3) is 4.61. The summed E-state index contributed by atoms with van der Waals surface area (Å²) in [7, 11) is 1.91. The van der Waals surface area contributed by atoms with E-state index < -0.39 is 0 Å². The van der Waals surface area contributed by atoms with Crippen LogP contribution in [0.4, 0.5) is 0 Å². The Bertz CT molecular complexity index is 606. The number of nitrogens with zero attached hydrogens (tertiary/aromatic N) is 2. The van der Waals surface area contributed by atoms with Crippen LogP contribution in [0.15, 0.2) is 27.6 Å². The number of nitrogens with one attached hydrogen (secondary N) is 1. The summed E-state index contributed by atoms with van der Waals surface area (Å²) in [6.07, 6.45) is 0.731. The van der Waals surface area contributed by atoms with E-state index in [1.165, 1.54) is 0 Å². The second-order valence-corrected chi connectivity index (χ2v) is 7.00. The zero-order valence-corrected chi connectivity index (χ0v) is 14.4. The zero-order valence-electron chi connectivity index (χ0n) is 12.1. The molecule has 0 saturated heterocycles. The van der Waals surface area contributed by atoms with Crippen LogP contribution in [-0.4, -0.2) is 23.2 Å². The molecule has 2 aromatic rings. The van der Waals surface area contributed by atoms with Gasteiger partial charge in [0.15, 0.2) is 5.82 Å². The minimum atomic E-state index is 0.00658. The van der Waals surface area contributed by atoms with Crippen molar-refractivity contribution in [2.75, 3.05) is 7.05 Å². The Balaban J connectivity index is 2.06. The number of rotatable bonds is 6. The molecule has 0 fully saturated rings.